The molecule has 0 aliphatic heterocycles. The summed E-state index contributed by atoms with van der Waals surface area (Å²) < 4.78 is 16.2. The van der Waals surface area contributed by atoms with E-state index in [2.05, 4.69) is 174 Å². The molecule has 63 heavy (non-hydrogen) atoms. The van der Waals surface area contributed by atoms with Crippen LogP contribution in [-0.4, -0.2) is 19.5 Å². The summed E-state index contributed by atoms with van der Waals surface area (Å²) in [5.41, 5.74) is 8.54. The van der Waals surface area contributed by atoms with Gasteiger partial charge in [-0.25, -0.2) is 15.0 Å². The molecule has 0 radical (unpaired) electrons. The van der Waals surface area contributed by atoms with Crippen LogP contribution in [0.2, 0.25) is 0 Å². The van der Waals surface area contributed by atoms with Gasteiger partial charge in [0, 0.05) is 43.3 Å². The standard InChI is InChI=1S/C57H32N4O2/c1-2-14-35-30-38(25-24-33(35)12-1)55-58-56(45-21-11-20-42-41-19-8-10-23-50(41)62-53(42)45)60-57(59-55)51-48(29-28-44-43-27-26-34-13-5-6-17-39(34)52(43)63-54(44)51)61-47-22-9-7-18-40(47)46-31-36-15-3-4-16-37(36)32-49(46)61/h1-32H. The monoisotopic (exact) mass is 804 g/mol. The van der Waals surface area contributed by atoms with Crippen molar-refractivity contribution in [3.63, 3.8) is 0 Å². The van der Waals surface area contributed by atoms with Gasteiger partial charge in [0.05, 0.1) is 27.8 Å². The second-order valence-corrected chi connectivity index (χ2v) is 16.3. The molecular formula is C57H32N4O2. The average Bonchev–Trinajstić information content (AvgIpc) is 4.02. The van der Waals surface area contributed by atoms with Gasteiger partial charge in [0.25, 0.3) is 0 Å². The van der Waals surface area contributed by atoms with E-state index in [1.54, 1.807) is 0 Å². The lowest BCUT2D eigenvalue weighted by Gasteiger charge is -2.15. The van der Waals surface area contributed by atoms with Gasteiger partial charge in [-0.15, -0.1) is 0 Å². The number of fused-ring (bicyclic) bond motifs is 13. The van der Waals surface area contributed by atoms with E-state index in [1.807, 2.05) is 24.3 Å². The van der Waals surface area contributed by atoms with Crippen LogP contribution >= 0.6 is 0 Å². The van der Waals surface area contributed by atoms with E-state index in [9.17, 15) is 0 Å². The van der Waals surface area contributed by atoms with Gasteiger partial charge >= 0.3 is 0 Å². The normalized spacial score (nSPS) is 12.1. The summed E-state index contributed by atoms with van der Waals surface area (Å²) >= 11 is 0. The maximum absolute atomic E-state index is 7.21. The van der Waals surface area contributed by atoms with Crippen molar-refractivity contribution < 1.29 is 8.83 Å². The molecule has 14 aromatic rings. The van der Waals surface area contributed by atoms with Crippen LogP contribution in [0.1, 0.15) is 0 Å². The highest BCUT2D eigenvalue weighted by Crippen LogP contribution is 2.45. The summed E-state index contributed by atoms with van der Waals surface area (Å²) in [7, 11) is 0. The smallest absolute Gasteiger partial charge is 0.170 e. The van der Waals surface area contributed by atoms with Gasteiger partial charge in [0.1, 0.15) is 22.3 Å². The van der Waals surface area contributed by atoms with Crippen molar-refractivity contribution in [2.24, 2.45) is 0 Å². The predicted octanol–water partition coefficient (Wildman–Crippen LogP) is 15.2. The Morgan fingerprint density at radius 3 is 1.83 bits per heavy atom. The van der Waals surface area contributed by atoms with E-state index < -0.39 is 0 Å². The first-order valence-corrected chi connectivity index (χ1v) is 21.2. The highest BCUT2D eigenvalue weighted by atomic mass is 16.3. The molecule has 0 unspecified atom stereocenters. The number of aromatic nitrogens is 4. The van der Waals surface area contributed by atoms with Crippen LogP contribution in [-0.2, 0) is 0 Å². The summed E-state index contributed by atoms with van der Waals surface area (Å²) in [6.45, 7) is 0. The SMILES string of the molecule is c1ccc2cc(-c3nc(-c4cccc5c4oc4ccccc45)nc(-c4c(-n5c6ccccc6c6cc7ccccc7cc65)ccc5c4oc4c6ccccc6ccc54)n3)ccc2c1. The second kappa shape index (κ2) is 12.9. The molecule has 0 aliphatic carbocycles. The number of nitrogens with zero attached hydrogens (tertiary/aromatic N) is 4. The number of furan rings is 2. The van der Waals surface area contributed by atoms with Gasteiger partial charge < -0.3 is 13.4 Å². The van der Waals surface area contributed by atoms with Crippen molar-refractivity contribution in [1.29, 1.82) is 0 Å². The van der Waals surface area contributed by atoms with Crippen molar-refractivity contribution >= 4 is 98.0 Å². The van der Waals surface area contributed by atoms with Crippen LogP contribution in [0.25, 0.3) is 138 Å². The molecule has 0 N–H and O–H groups in total. The minimum Gasteiger partial charge on any atom is -0.455 e. The molecule has 0 spiro atoms. The summed E-state index contributed by atoms with van der Waals surface area (Å²) in [4.78, 5) is 16.3. The zero-order valence-electron chi connectivity index (χ0n) is 33.6. The van der Waals surface area contributed by atoms with Crippen molar-refractivity contribution in [3.05, 3.63) is 194 Å². The van der Waals surface area contributed by atoms with Crippen LogP contribution in [0.15, 0.2) is 203 Å². The fraction of sp³-hybridized carbons (Fsp3) is 0. The minimum atomic E-state index is 0.493. The Balaban J connectivity index is 1.14. The largest absolute Gasteiger partial charge is 0.455 e. The number of para-hydroxylation sites is 3. The van der Waals surface area contributed by atoms with Crippen LogP contribution < -0.4 is 0 Å². The molecule has 292 valence electrons. The number of benzene rings is 10. The Bertz CT molecular complexity index is 4230. The van der Waals surface area contributed by atoms with Crippen LogP contribution in [0.5, 0.6) is 0 Å². The van der Waals surface area contributed by atoms with Crippen LogP contribution in [0, 0.1) is 0 Å². The van der Waals surface area contributed by atoms with Gasteiger partial charge in [-0.1, -0.05) is 140 Å². The zero-order chi connectivity index (χ0) is 41.2. The Hall–Kier alpha value is -8.61. The summed E-state index contributed by atoms with van der Waals surface area (Å²) in [6, 6.07) is 68.0. The maximum Gasteiger partial charge on any atom is 0.170 e. The first kappa shape index (κ1) is 34.1. The number of rotatable bonds is 4. The molecule has 14 rings (SSSR count). The number of hydrogen-bond acceptors (Lipinski definition) is 5. The van der Waals surface area contributed by atoms with Crippen molar-refractivity contribution in [1.82, 2.24) is 19.5 Å². The van der Waals surface area contributed by atoms with Crippen LogP contribution in [0.4, 0.5) is 0 Å². The molecule has 6 nitrogen and oxygen atoms in total. The fourth-order valence-electron chi connectivity index (χ4n) is 9.86. The molecule has 4 aromatic heterocycles. The third-order valence-electron chi connectivity index (χ3n) is 12.8. The summed E-state index contributed by atoms with van der Waals surface area (Å²) in [5, 5.41) is 13.1. The third-order valence-corrected chi connectivity index (χ3v) is 12.8. The first-order chi connectivity index (χ1) is 31.2. The Labute approximate surface area is 358 Å². The van der Waals surface area contributed by atoms with E-state index in [-0.39, 0.29) is 0 Å². The predicted molar refractivity (Wildman–Crippen MR) is 258 cm³/mol. The van der Waals surface area contributed by atoms with E-state index >= 15 is 0 Å². The fourth-order valence-corrected chi connectivity index (χ4v) is 9.86. The Kier molecular flexibility index (Phi) is 7.02. The molecular weight excluding hydrogens is 773 g/mol. The molecule has 4 heterocycles. The van der Waals surface area contributed by atoms with Crippen molar-refractivity contribution in [3.8, 4) is 39.9 Å². The molecule has 6 heteroatoms. The molecule has 0 fully saturated rings. The van der Waals surface area contributed by atoms with Gasteiger partial charge in [0.15, 0.2) is 17.5 Å². The lowest BCUT2D eigenvalue weighted by molar-refractivity contribution is 0.669. The van der Waals surface area contributed by atoms with E-state index in [4.69, 9.17) is 23.8 Å². The van der Waals surface area contributed by atoms with Crippen LogP contribution in [0.3, 0.4) is 0 Å². The molecule has 0 bridgehead atoms. The second-order valence-electron chi connectivity index (χ2n) is 16.3. The molecule has 10 aromatic carbocycles. The van der Waals surface area contributed by atoms with Gasteiger partial charge in [-0.05, 0) is 81.5 Å². The first-order valence-electron chi connectivity index (χ1n) is 21.2. The molecule has 0 amide bonds. The zero-order valence-corrected chi connectivity index (χ0v) is 33.6. The molecule has 0 saturated carbocycles. The van der Waals surface area contributed by atoms with E-state index in [1.165, 1.54) is 5.39 Å². The number of hydrogen-bond donors (Lipinski definition) is 0. The van der Waals surface area contributed by atoms with E-state index in [0.29, 0.717) is 23.1 Å². The van der Waals surface area contributed by atoms with Crippen molar-refractivity contribution in [2.75, 3.05) is 0 Å². The highest BCUT2D eigenvalue weighted by molar-refractivity contribution is 6.19. The summed E-state index contributed by atoms with van der Waals surface area (Å²) in [6.07, 6.45) is 0. The van der Waals surface area contributed by atoms with Gasteiger partial charge in [-0.3, -0.25) is 0 Å². The molecule has 0 atom stereocenters. The van der Waals surface area contributed by atoms with Gasteiger partial charge in [-0.2, -0.15) is 0 Å². The topological polar surface area (TPSA) is 69.9 Å². The minimum absolute atomic E-state index is 0.493. The van der Waals surface area contributed by atoms with Gasteiger partial charge in [0.2, 0.25) is 0 Å². The average molecular weight is 805 g/mol. The third kappa shape index (κ3) is 5.03. The highest BCUT2D eigenvalue weighted by Gasteiger charge is 2.26. The quantitative estimate of drug-likeness (QED) is 0.177. The maximum atomic E-state index is 7.21. The molecule has 0 aliphatic rings. The summed E-state index contributed by atoms with van der Waals surface area (Å²) in [5.74, 6) is 1.55. The lowest BCUT2D eigenvalue weighted by atomic mass is 10.0. The lowest BCUT2D eigenvalue weighted by Crippen LogP contribution is -2.04. The molecule has 0 saturated heterocycles. The Morgan fingerprint density at radius 1 is 0.333 bits per heavy atom. The Morgan fingerprint density at radius 2 is 0.952 bits per heavy atom. The van der Waals surface area contributed by atoms with E-state index in [0.717, 1.165) is 109 Å². The van der Waals surface area contributed by atoms with Crippen molar-refractivity contribution in [2.45, 2.75) is 0 Å².